The first-order valence-corrected chi connectivity index (χ1v) is 10.5. The van der Waals surface area contributed by atoms with Crippen LogP contribution in [0.1, 0.15) is 28.4 Å². The molecule has 1 amide bonds. The standard InChI is InChI=1S/C22H22N2O3S/c1-3-17-9-7-8-16(2)21(17)23-22(25)18-12-14-19(15-13-18)24-28(26,27)20-10-5-4-6-11-20/h4-15,24H,3H2,1-2H3,(H,23,25). The molecule has 5 nitrogen and oxygen atoms in total. The second kappa shape index (κ2) is 8.27. The van der Waals surface area contributed by atoms with E-state index < -0.39 is 10.0 Å². The fourth-order valence-electron chi connectivity index (χ4n) is 2.89. The van der Waals surface area contributed by atoms with E-state index in [2.05, 4.69) is 10.0 Å². The SMILES string of the molecule is CCc1cccc(C)c1NC(=O)c1ccc(NS(=O)(=O)c2ccccc2)cc1. The Balaban J connectivity index is 1.75. The fraction of sp³-hybridized carbons (Fsp3) is 0.136. The lowest BCUT2D eigenvalue weighted by Crippen LogP contribution is -2.15. The highest BCUT2D eigenvalue weighted by atomic mass is 32.2. The zero-order chi connectivity index (χ0) is 20.1. The van der Waals surface area contributed by atoms with Gasteiger partial charge in [0.25, 0.3) is 15.9 Å². The molecule has 0 fully saturated rings. The smallest absolute Gasteiger partial charge is 0.261 e. The Morgan fingerprint density at radius 3 is 2.21 bits per heavy atom. The summed E-state index contributed by atoms with van der Waals surface area (Å²) in [5.74, 6) is -0.235. The van der Waals surface area contributed by atoms with Gasteiger partial charge in [0, 0.05) is 16.9 Å². The van der Waals surface area contributed by atoms with Crippen molar-refractivity contribution in [1.82, 2.24) is 0 Å². The minimum atomic E-state index is -3.66. The third kappa shape index (κ3) is 4.40. The van der Waals surface area contributed by atoms with Crippen molar-refractivity contribution < 1.29 is 13.2 Å². The van der Waals surface area contributed by atoms with E-state index in [1.807, 2.05) is 32.0 Å². The van der Waals surface area contributed by atoms with Crippen LogP contribution < -0.4 is 10.0 Å². The first kappa shape index (κ1) is 19.6. The molecule has 0 unspecified atom stereocenters. The Kier molecular flexibility index (Phi) is 5.80. The summed E-state index contributed by atoms with van der Waals surface area (Å²) in [5, 5.41) is 2.96. The monoisotopic (exact) mass is 394 g/mol. The summed E-state index contributed by atoms with van der Waals surface area (Å²) < 4.78 is 27.3. The van der Waals surface area contributed by atoms with Gasteiger partial charge in [-0.15, -0.1) is 0 Å². The molecule has 3 rings (SSSR count). The Labute approximate surface area is 165 Å². The summed E-state index contributed by atoms with van der Waals surface area (Å²) in [6.45, 7) is 3.99. The van der Waals surface area contributed by atoms with Crippen LogP contribution in [0.15, 0.2) is 77.7 Å². The second-order valence-corrected chi connectivity index (χ2v) is 8.10. The van der Waals surface area contributed by atoms with E-state index in [0.29, 0.717) is 11.3 Å². The first-order chi connectivity index (χ1) is 13.4. The molecule has 0 saturated carbocycles. The molecule has 0 spiro atoms. The molecule has 2 N–H and O–H groups in total. The van der Waals surface area contributed by atoms with Crippen LogP contribution in [0.5, 0.6) is 0 Å². The van der Waals surface area contributed by atoms with Crippen LogP contribution in [0.4, 0.5) is 11.4 Å². The molecule has 0 heterocycles. The van der Waals surface area contributed by atoms with Gasteiger partial charge in [0.2, 0.25) is 0 Å². The van der Waals surface area contributed by atoms with Gasteiger partial charge in [0.15, 0.2) is 0 Å². The summed E-state index contributed by atoms with van der Waals surface area (Å²) in [6.07, 6.45) is 0.817. The Hall–Kier alpha value is -3.12. The fourth-order valence-corrected chi connectivity index (χ4v) is 3.97. The summed E-state index contributed by atoms with van der Waals surface area (Å²) in [5.41, 5.74) is 3.74. The summed E-state index contributed by atoms with van der Waals surface area (Å²) in [4.78, 5) is 12.8. The average Bonchev–Trinajstić information content (AvgIpc) is 2.70. The lowest BCUT2D eigenvalue weighted by Gasteiger charge is -2.13. The zero-order valence-electron chi connectivity index (χ0n) is 15.8. The number of benzene rings is 3. The van der Waals surface area contributed by atoms with Crippen LogP contribution in [-0.2, 0) is 16.4 Å². The number of nitrogens with one attached hydrogen (secondary N) is 2. The van der Waals surface area contributed by atoms with Gasteiger partial charge in [0.05, 0.1) is 4.90 Å². The number of hydrogen-bond donors (Lipinski definition) is 2. The maximum Gasteiger partial charge on any atom is 0.261 e. The number of sulfonamides is 1. The van der Waals surface area contributed by atoms with Gasteiger partial charge in [-0.05, 0) is 60.9 Å². The minimum absolute atomic E-state index is 0.184. The van der Waals surface area contributed by atoms with Crippen molar-refractivity contribution in [1.29, 1.82) is 0 Å². The lowest BCUT2D eigenvalue weighted by atomic mass is 10.1. The summed E-state index contributed by atoms with van der Waals surface area (Å²) in [6, 6.07) is 20.4. The quantitative estimate of drug-likeness (QED) is 0.641. The van der Waals surface area contributed by atoms with Crippen LogP contribution in [0.25, 0.3) is 0 Å². The molecule has 0 radical (unpaired) electrons. The number of aryl methyl sites for hydroxylation is 2. The van der Waals surface area contributed by atoms with Crippen molar-refractivity contribution in [2.45, 2.75) is 25.2 Å². The van der Waals surface area contributed by atoms with Crippen LogP contribution in [0, 0.1) is 6.92 Å². The highest BCUT2D eigenvalue weighted by molar-refractivity contribution is 7.92. The number of hydrogen-bond acceptors (Lipinski definition) is 3. The van der Waals surface area contributed by atoms with Gasteiger partial charge in [0.1, 0.15) is 0 Å². The van der Waals surface area contributed by atoms with E-state index in [0.717, 1.165) is 23.2 Å². The molecule has 0 atom stereocenters. The molecule has 3 aromatic carbocycles. The lowest BCUT2D eigenvalue weighted by molar-refractivity contribution is 0.102. The van der Waals surface area contributed by atoms with E-state index in [-0.39, 0.29) is 10.8 Å². The maximum atomic E-state index is 12.6. The van der Waals surface area contributed by atoms with E-state index in [9.17, 15) is 13.2 Å². The van der Waals surface area contributed by atoms with E-state index >= 15 is 0 Å². The average molecular weight is 394 g/mol. The van der Waals surface area contributed by atoms with Crippen molar-refractivity contribution in [3.8, 4) is 0 Å². The predicted octanol–water partition coefficient (Wildman–Crippen LogP) is 4.61. The van der Waals surface area contributed by atoms with Gasteiger partial charge in [-0.25, -0.2) is 8.42 Å². The Morgan fingerprint density at radius 2 is 1.57 bits per heavy atom. The highest BCUT2D eigenvalue weighted by Crippen LogP contribution is 2.22. The van der Waals surface area contributed by atoms with Crippen LogP contribution in [-0.4, -0.2) is 14.3 Å². The molecule has 3 aromatic rings. The van der Waals surface area contributed by atoms with Crippen LogP contribution >= 0.6 is 0 Å². The van der Waals surface area contributed by atoms with Crippen molar-refractivity contribution in [3.05, 3.63) is 89.5 Å². The molecule has 28 heavy (non-hydrogen) atoms. The van der Waals surface area contributed by atoms with E-state index in [4.69, 9.17) is 0 Å². The highest BCUT2D eigenvalue weighted by Gasteiger charge is 2.14. The molecule has 0 aliphatic heterocycles. The van der Waals surface area contributed by atoms with Gasteiger partial charge < -0.3 is 5.32 Å². The number of carbonyl (C=O) groups excluding carboxylic acids is 1. The first-order valence-electron chi connectivity index (χ1n) is 8.98. The topological polar surface area (TPSA) is 75.3 Å². The number of para-hydroxylation sites is 1. The minimum Gasteiger partial charge on any atom is -0.321 e. The molecule has 0 aliphatic carbocycles. The Morgan fingerprint density at radius 1 is 0.893 bits per heavy atom. The molecule has 0 aromatic heterocycles. The molecule has 0 bridgehead atoms. The maximum absolute atomic E-state index is 12.6. The normalized spacial score (nSPS) is 11.1. The van der Waals surface area contributed by atoms with Gasteiger partial charge in [-0.1, -0.05) is 43.3 Å². The van der Waals surface area contributed by atoms with Crippen LogP contribution in [0.3, 0.4) is 0 Å². The number of amides is 1. The largest absolute Gasteiger partial charge is 0.321 e. The number of rotatable bonds is 6. The summed E-state index contributed by atoms with van der Waals surface area (Å²) >= 11 is 0. The molecule has 0 saturated heterocycles. The Bertz CT molecular complexity index is 1080. The van der Waals surface area contributed by atoms with E-state index in [1.165, 1.54) is 12.1 Å². The second-order valence-electron chi connectivity index (χ2n) is 6.41. The van der Waals surface area contributed by atoms with Crippen molar-refractivity contribution in [2.75, 3.05) is 10.0 Å². The van der Waals surface area contributed by atoms with Crippen molar-refractivity contribution >= 4 is 27.3 Å². The zero-order valence-corrected chi connectivity index (χ0v) is 16.6. The van der Waals surface area contributed by atoms with Crippen molar-refractivity contribution in [3.63, 3.8) is 0 Å². The van der Waals surface area contributed by atoms with Gasteiger partial charge in [-0.2, -0.15) is 0 Å². The van der Waals surface area contributed by atoms with E-state index in [1.54, 1.807) is 42.5 Å². The van der Waals surface area contributed by atoms with Gasteiger partial charge in [-0.3, -0.25) is 9.52 Å². The molecule has 0 aliphatic rings. The third-order valence-electron chi connectivity index (χ3n) is 4.43. The summed E-state index contributed by atoms with van der Waals surface area (Å²) in [7, 11) is -3.66. The molecule has 144 valence electrons. The van der Waals surface area contributed by atoms with Gasteiger partial charge >= 0.3 is 0 Å². The molecule has 6 heteroatoms. The number of anilines is 2. The molecular formula is C22H22N2O3S. The molecular weight excluding hydrogens is 372 g/mol. The number of carbonyl (C=O) groups is 1. The van der Waals surface area contributed by atoms with Crippen LogP contribution in [0.2, 0.25) is 0 Å². The predicted molar refractivity (Wildman–Crippen MR) is 112 cm³/mol. The van der Waals surface area contributed by atoms with Crippen molar-refractivity contribution in [2.24, 2.45) is 0 Å². The third-order valence-corrected chi connectivity index (χ3v) is 5.83.